The lowest BCUT2D eigenvalue weighted by atomic mass is 10.1. The van der Waals surface area contributed by atoms with Crippen molar-refractivity contribution in [3.63, 3.8) is 0 Å². The number of para-hydroxylation sites is 1. The van der Waals surface area contributed by atoms with E-state index in [0.717, 1.165) is 10.9 Å². The Morgan fingerprint density at radius 2 is 1.81 bits per heavy atom. The topological polar surface area (TPSA) is 72.1 Å². The fraction of sp³-hybridized carbons (Fsp3) is 0.0625. The van der Waals surface area contributed by atoms with Crippen LogP contribution in [0.4, 0.5) is 0 Å². The standard InChI is InChI=1S/C16H12N2O3/c1-21-16(20)14-8-4-7-13(18-14)15(19)11-9-17-12-6-3-2-5-10(11)12/h2-9,17H,1H3. The molecule has 2 aromatic heterocycles. The van der Waals surface area contributed by atoms with Crippen molar-refractivity contribution < 1.29 is 14.3 Å². The number of aromatic nitrogens is 2. The van der Waals surface area contributed by atoms with Crippen molar-refractivity contribution in [3.05, 3.63) is 65.6 Å². The summed E-state index contributed by atoms with van der Waals surface area (Å²) < 4.78 is 4.61. The number of aromatic amines is 1. The Balaban J connectivity index is 2.04. The number of methoxy groups -OCH3 is 1. The van der Waals surface area contributed by atoms with E-state index in [2.05, 4.69) is 14.7 Å². The first-order chi connectivity index (χ1) is 10.2. The maximum Gasteiger partial charge on any atom is 0.356 e. The Hall–Kier alpha value is -2.95. The fourth-order valence-corrected chi connectivity index (χ4v) is 2.18. The molecule has 0 saturated heterocycles. The van der Waals surface area contributed by atoms with Gasteiger partial charge in [-0.2, -0.15) is 0 Å². The number of carbonyl (C=O) groups excluding carboxylic acids is 2. The minimum absolute atomic E-state index is 0.114. The highest BCUT2D eigenvalue weighted by Crippen LogP contribution is 2.20. The minimum atomic E-state index is -0.566. The van der Waals surface area contributed by atoms with E-state index < -0.39 is 5.97 Å². The maximum absolute atomic E-state index is 12.5. The number of carbonyl (C=O) groups is 2. The number of ether oxygens (including phenoxy) is 1. The predicted molar refractivity (Wildman–Crippen MR) is 77.3 cm³/mol. The molecule has 104 valence electrons. The number of pyridine rings is 1. The number of H-pyrrole nitrogens is 1. The second-order valence-corrected chi connectivity index (χ2v) is 4.48. The van der Waals surface area contributed by atoms with Crippen LogP contribution in [-0.4, -0.2) is 28.8 Å². The van der Waals surface area contributed by atoms with E-state index in [0.29, 0.717) is 5.56 Å². The first kappa shape index (κ1) is 13.1. The molecule has 1 N–H and O–H groups in total. The molecule has 3 aromatic rings. The molecule has 0 aliphatic rings. The minimum Gasteiger partial charge on any atom is -0.464 e. The third-order valence-electron chi connectivity index (χ3n) is 3.21. The summed E-state index contributed by atoms with van der Waals surface area (Å²) in [4.78, 5) is 31.2. The van der Waals surface area contributed by atoms with Crippen molar-refractivity contribution in [2.24, 2.45) is 0 Å². The number of nitrogens with one attached hydrogen (secondary N) is 1. The average molecular weight is 280 g/mol. The summed E-state index contributed by atoms with van der Waals surface area (Å²) in [5, 5.41) is 0.827. The average Bonchev–Trinajstić information content (AvgIpc) is 2.97. The molecule has 3 rings (SSSR count). The van der Waals surface area contributed by atoms with Gasteiger partial charge in [-0.3, -0.25) is 4.79 Å². The van der Waals surface area contributed by atoms with Crippen LogP contribution in [0.2, 0.25) is 0 Å². The van der Waals surface area contributed by atoms with Crippen LogP contribution in [0, 0.1) is 0 Å². The number of hydrogen-bond acceptors (Lipinski definition) is 4. The molecule has 0 unspecified atom stereocenters. The highest BCUT2D eigenvalue weighted by atomic mass is 16.5. The number of fused-ring (bicyclic) bond motifs is 1. The van der Waals surface area contributed by atoms with E-state index in [1.807, 2.05) is 24.3 Å². The molecule has 0 amide bonds. The lowest BCUT2D eigenvalue weighted by molar-refractivity contribution is 0.0594. The lowest BCUT2D eigenvalue weighted by Gasteiger charge is -2.02. The van der Waals surface area contributed by atoms with Crippen LogP contribution >= 0.6 is 0 Å². The van der Waals surface area contributed by atoms with Crippen LogP contribution in [0.15, 0.2) is 48.7 Å². The van der Waals surface area contributed by atoms with Crippen LogP contribution in [0.25, 0.3) is 10.9 Å². The Labute approximate surface area is 120 Å². The van der Waals surface area contributed by atoms with Gasteiger partial charge in [0.15, 0.2) is 0 Å². The van der Waals surface area contributed by atoms with E-state index in [-0.39, 0.29) is 17.2 Å². The summed E-state index contributed by atoms with van der Waals surface area (Å²) in [6.45, 7) is 0. The zero-order chi connectivity index (χ0) is 14.8. The molecule has 1 aromatic carbocycles. The van der Waals surface area contributed by atoms with Crippen molar-refractivity contribution in [2.45, 2.75) is 0 Å². The van der Waals surface area contributed by atoms with Gasteiger partial charge >= 0.3 is 5.97 Å². The normalized spacial score (nSPS) is 10.5. The Kier molecular flexibility index (Phi) is 3.23. The second kappa shape index (κ2) is 5.20. The lowest BCUT2D eigenvalue weighted by Crippen LogP contribution is -2.09. The van der Waals surface area contributed by atoms with Gasteiger partial charge in [0.1, 0.15) is 11.4 Å². The van der Waals surface area contributed by atoms with Gasteiger partial charge in [0.25, 0.3) is 0 Å². The second-order valence-electron chi connectivity index (χ2n) is 4.48. The molecule has 21 heavy (non-hydrogen) atoms. The van der Waals surface area contributed by atoms with Gasteiger partial charge in [0.2, 0.25) is 5.78 Å². The molecule has 0 saturated carbocycles. The summed E-state index contributed by atoms with van der Waals surface area (Å²) in [6.07, 6.45) is 1.65. The number of hydrogen-bond donors (Lipinski definition) is 1. The van der Waals surface area contributed by atoms with Crippen LogP contribution in [0.5, 0.6) is 0 Å². The SMILES string of the molecule is COC(=O)c1cccc(C(=O)c2c[nH]c3ccccc23)n1. The summed E-state index contributed by atoms with van der Waals surface area (Å²) in [7, 11) is 1.28. The number of rotatable bonds is 3. The molecule has 5 heteroatoms. The molecular formula is C16H12N2O3. The van der Waals surface area contributed by atoms with E-state index in [1.165, 1.54) is 13.2 Å². The van der Waals surface area contributed by atoms with Crippen molar-refractivity contribution in [1.82, 2.24) is 9.97 Å². The van der Waals surface area contributed by atoms with Crippen LogP contribution < -0.4 is 0 Å². The van der Waals surface area contributed by atoms with Gasteiger partial charge < -0.3 is 9.72 Å². The van der Waals surface area contributed by atoms with E-state index in [1.54, 1.807) is 18.3 Å². The largest absolute Gasteiger partial charge is 0.464 e. The summed E-state index contributed by atoms with van der Waals surface area (Å²) in [5.41, 5.74) is 1.73. The number of esters is 1. The summed E-state index contributed by atoms with van der Waals surface area (Å²) in [6, 6.07) is 12.2. The molecule has 0 spiro atoms. The van der Waals surface area contributed by atoms with Gasteiger partial charge in [0, 0.05) is 22.7 Å². The van der Waals surface area contributed by atoms with E-state index in [4.69, 9.17) is 0 Å². The van der Waals surface area contributed by atoms with Crippen LogP contribution in [0.1, 0.15) is 26.5 Å². The Morgan fingerprint density at radius 3 is 2.62 bits per heavy atom. The summed E-state index contributed by atoms with van der Waals surface area (Å²) >= 11 is 0. The Morgan fingerprint density at radius 1 is 1.05 bits per heavy atom. The molecule has 0 aliphatic heterocycles. The number of benzene rings is 1. The van der Waals surface area contributed by atoms with Gasteiger partial charge in [-0.25, -0.2) is 9.78 Å². The monoisotopic (exact) mass is 280 g/mol. The van der Waals surface area contributed by atoms with E-state index in [9.17, 15) is 9.59 Å². The Bertz CT molecular complexity index is 836. The molecule has 0 aliphatic carbocycles. The van der Waals surface area contributed by atoms with Crippen LogP contribution in [-0.2, 0) is 4.74 Å². The van der Waals surface area contributed by atoms with Gasteiger partial charge in [0.05, 0.1) is 7.11 Å². The van der Waals surface area contributed by atoms with E-state index >= 15 is 0 Å². The van der Waals surface area contributed by atoms with Crippen molar-refractivity contribution in [3.8, 4) is 0 Å². The molecule has 2 heterocycles. The van der Waals surface area contributed by atoms with Gasteiger partial charge in [-0.1, -0.05) is 24.3 Å². The molecule has 0 atom stereocenters. The highest BCUT2D eigenvalue weighted by Gasteiger charge is 2.17. The number of nitrogens with zero attached hydrogens (tertiary/aromatic N) is 1. The zero-order valence-corrected chi connectivity index (χ0v) is 11.3. The third-order valence-corrected chi connectivity index (χ3v) is 3.21. The molecule has 5 nitrogen and oxygen atoms in total. The molecule has 0 radical (unpaired) electrons. The smallest absolute Gasteiger partial charge is 0.356 e. The van der Waals surface area contributed by atoms with Gasteiger partial charge in [-0.15, -0.1) is 0 Å². The van der Waals surface area contributed by atoms with Crippen molar-refractivity contribution in [2.75, 3.05) is 7.11 Å². The summed E-state index contributed by atoms with van der Waals surface area (Å²) in [5.74, 6) is -0.804. The van der Waals surface area contributed by atoms with Crippen molar-refractivity contribution in [1.29, 1.82) is 0 Å². The van der Waals surface area contributed by atoms with Crippen LogP contribution in [0.3, 0.4) is 0 Å². The quantitative estimate of drug-likeness (QED) is 0.591. The molecule has 0 fully saturated rings. The fourth-order valence-electron chi connectivity index (χ4n) is 2.18. The zero-order valence-electron chi connectivity index (χ0n) is 11.3. The molecular weight excluding hydrogens is 268 g/mol. The first-order valence-electron chi connectivity index (χ1n) is 6.37. The predicted octanol–water partition coefficient (Wildman–Crippen LogP) is 2.58. The van der Waals surface area contributed by atoms with Crippen molar-refractivity contribution >= 4 is 22.7 Å². The highest BCUT2D eigenvalue weighted by molar-refractivity contribution is 6.15. The van der Waals surface area contributed by atoms with Gasteiger partial charge in [-0.05, 0) is 18.2 Å². The number of ketones is 1. The third kappa shape index (κ3) is 2.29. The molecule has 0 bridgehead atoms. The maximum atomic E-state index is 12.5. The first-order valence-corrected chi connectivity index (χ1v) is 6.37.